The monoisotopic (exact) mass is 333 g/mol. The summed E-state index contributed by atoms with van der Waals surface area (Å²) in [6, 6.07) is 5.91. The van der Waals surface area contributed by atoms with Crippen molar-refractivity contribution in [1.29, 1.82) is 0 Å². The minimum Gasteiger partial charge on any atom is -0.343 e. The summed E-state index contributed by atoms with van der Waals surface area (Å²) in [5, 5.41) is 16.6. The smallest absolute Gasteiger partial charge is 0.324 e. The molecule has 2 amide bonds. The van der Waals surface area contributed by atoms with E-state index in [4.69, 9.17) is 0 Å². The number of nitro groups is 1. The third-order valence-electron chi connectivity index (χ3n) is 2.53. The second kappa shape index (κ2) is 7.75. The molecule has 0 saturated carbocycles. The Morgan fingerprint density at radius 1 is 1.30 bits per heavy atom. The maximum atomic E-state index is 11.7. The fourth-order valence-corrected chi connectivity index (χ4v) is 2.18. The Hall–Kier alpha value is -3.14. The van der Waals surface area contributed by atoms with Crippen LogP contribution >= 0.6 is 11.3 Å². The Labute approximate surface area is 134 Å². The molecule has 0 spiro atoms. The minimum absolute atomic E-state index is 0.0117. The third-order valence-corrected chi connectivity index (χ3v) is 3.50. The first kappa shape index (κ1) is 16.2. The van der Waals surface area contributed by atoms with E-state index in [1.54, 1.807) is 0 Å². The van der Waals surface area contributed by atoms with Gasteiger partial charge in [-0.2, -0.15) is 5.10 Å². The molecule has 2 aromatic heterocycles. The van der Waals surface area contributed by atoms with Crippen LogP contribution in [0.15, 0.2) is 41.8 Å². The van der Waals surface area contributed by atoms with Gasteiger partial charge in [0.2, 0.25) is 0 Å². The lowest BCUT2D eigenvalue weighted by molar-refractivity contribution is -0.380. The maximum absolute atomic E-state index is 11.7. The fourth-order valence-electron chi connectivity index (χ4n) is 1.48. The van der Waals surface area contributed by atoms with Gasteiger partial charge < -0.3 is 5.32 Å². The first-order valence-corrected chi connectivity index (χ1v) is 7.12. The van der Waals surface area contributed by atoms with Gasteiger partial charge in [0, 0.05) is 24.0 Å². The lowest BCUT2D eigenvalue weighted by Gasteiger charge is -2.03. The number of aromatic nitrogens is 1. The van der Waals surface area contributed by atoms with Crippen molar-refractivity contribution in [2.24, 2.45) is 5.10 Å². The van der Waals surface area contributed by atoms with E-state index in [2.05, 4.69) is 20.8 Å². The van der Waals surface area contributed by atoms with Crippen molar-refractivity contribution in [1.82, 2.24) is 15.7 Å². The van der Waals surface area contributed by atoms with E-state index in [1.165, 1.54) is 42.9 Å². The van der Waals surface area contributed by atoms with E-state index < -0.39 is 16.7 Å². The number of amides is 2. The summed E-state index contributed by atoms with van der Waals surface area (Å²) in [4.78, 5) is 37.5. The second-order valence-electron chi connectivity index (χ2n) is 4.14. The summed E-state index contributed by atoms with van der Waals surface area (Å²) >= 11 is 0.933. The van der Waals surface area contributed by atoms with Gasteiger partial charge in [-0.25, -0.2) is 5.43 Å². The first-order chi connectivity index (χ1) is 11.1. The van der Waals surface area contributed by atoms with E-state index >= 15 is 0 Å². The van der Waals surface area contributed by atoms with Gasteiger partial charge in [0.05, 0.1) is 22.6 Å². The van der Waals surface area contributed by atoms with Gasteiger partial charge in [0.15, 0.2) is 0 Å². The highest BCUT2D eigenvalue weighted by Crippen LogP contribution is 2.22. The average molecular weight is 333 g/mol. The lowest BCUT2D eigenvalue weighted by Crippen LogP contribution is -2.34. The van der Waals surface area contributed by atoms with Crippen molar-refractivity contribution in [3.8, 4) is 0 Å². The Balaban J connectivity index is 1.77. The molecule has 10 heteroatoms. The Morgan fingerprint density at radius 3 is 2.70 bits per heavy atom. The van der Waals surface area contributed by atoms with Gasteiger partial charge in [-0.3, -0.25) is 24.7 Å². The van der Waals surface area contributed by atoms with Crippen LogP contribution in [0.1, 0.15) is 15.2 Å². The number of carbonyl (C=O) groups excluding carboxylic acids is 2. The van der Waals surface area contributed by atoms with Crippen LogP contribution in [0.3, 0.4) is 0 Å². The molecular formula is C13H11N5O4S. The van der Waals surface area contributed by atoms with Crippen molar-refractivity contribution in [2.75, 3.05) is 6.54 Å². The molecule has 0 aliphatic rings. The quantitative estimate of drug-likeness (QED) is 0.462. The molecule has 0 radical (unpaired) electrons. The highest BCUT2D eigenvalue weighted by atomic mass is 32.1. The topological polar surface area (TPSA) is 127 Å². The van der Waals surface area contributed by atoms with Gasteiger partial charge in [0.1, 0.15) is 0 Å². The van der Waals surface area contributed by atoms with Crippen LogP contribution in [0.25, 0.3) is 0 Å². The van der Waals surface area contributed by atoms with Crippen LogP contribution in [-0.2, 0) is 4.79 Å². The van der Waals surface area contributed by atoms with E-state index in [1.807, 2.05) is 0 Å². The summed E-state index contributed by atoms with van der Waals surface area (Å²) < 4.78 is 0. The predicted molar refractivity (Wildman–Crippen MR) is 83.3 cm³/mol. The molecule has 9 nitrogen and oxygen atoms in total. The average Bonchev–Trinajstić information content (AvgIpc) is 3.02. The summed E-state index contributed by atoms with van der Waals surface area (Å²) in [5.74, 6) is -0.921. The molecule has 0 fully saturated rings. The van der Waals surface area contributed by atoms with E-state index in [9.17, 15) is 19.7 Å². The molecule has 23 heavy (non-hydrogen) atoms. The summed E-state index contributed by atoms with van der Waals surface area (Å²) in [6.07, 6.45) is 4.24. The molecule has 2 aromatic rings. The van der Waals surface area contributed by atoms with Gasteiger partial charge in [-0.15, -0.1) is 0 Å². The minimum atomic E-state index is -0.519. The maximum Gasteiger partial charge on any atom is 0.324 e. The van der Waals surface area contributed by atoms with Crippen LogP contribution in [0, 0.1) is 10.1 Å². The van der Waals surface area contributed by atoms with E-state index in [-0.39, 0.29) is 11.5 Å². The number of carbonyl (C=O) groups is 2. The zero-order valence-electron chi connectivity index (χ0n) is 11.6. The van der Waals surface area contributed by atoms with Crippen LogP contribution in [0.2, 0.25) is 0 Å². The second-order valence-corrected chi connectivity index (χ2v) is 5.24. The fraction of sp³-hybridized carbons (Fsp3) is 0.0769. The zero-order chi connectivity index (χ0) is 16.7. The number of pyridine rings is 1. The Morgan fingerprint density at radius 2 is 2.04 bits per heavy atom. The van der Waals surface area contributed by atoms with E-state index in [0.29, 0.717) is 10.4 Å². The molecule has 0 saturated heterocycles. The molecule has 0 unspecified atom stereocenters. The standard InChI is InChI=1S/C13H11N5O4S/c19-11(8-15-13(20)9-3-5-14-6-4-9)17-16-7-10-1-2-12(23-10)18(21)22/h1-7H,8H2,(H,15,20)(H,17,19)/b16-7+. The van der Waals surface area contributed by atoms with Gasteiger partial charge in [-0.05, 0) is 18.2 Å². The number of thiophene rings is 1. The van der Waals surface area contributed by atoms with Gasteiger partial charge >= 0.3 is 5.00 Å². The van der Waals surface area contributed by atoms with Crippen molar-refractivity contribution < 1.29 is 14.5 Å². The molecule has 2 rings (SSSR count). The summed E-state index contributed by atoms with van der Waals surface area (Å²) in [6.45, 7) is -0.247. The molecule has 2 heterocycles. The van der Waals surface area contributed by atoms with Crippen LogP contribution in [-0.4, -0.2) is 34.5 Å². The highest BCUT2D eigenvalue weighted by molar-refractivity contribution is 7.16. The van der Waals surface area contributed by atoms with Crippen LogP contribution in [0.5, 0.6) is 0 Å². The molecule has 0 atom stereocenters. The van der Waals surface area contributed by atoms with Gasteiger partial charge in [0.25, 0.3) is 11.8 Å². The SMILES string of the molecule is O=C(CNC(=O)c1ccncc1)N/N=C/c1ccc([N+](=O)[O-])s1. The largest absolute Gasteiger partial charge is 0.343 e. The molecule has 0 aromatic carbocycles. The van der Waals surface area contributed by atoms with Crippen molar-refractivity contribution in [2.45, 2.75) is 0 Å². The van der Waals surface area contributed by atoms with Crippen molar-refractivity contribution >= 4 is 34.4 Å². The number of hydrogen-bond donors (Lipinski definition) is 2. The summed E-state index contributed by atoms with van der Waals surface area (Å²) in [7, 11) is 0. The summed E-state index contributed by atoms with van der Waals surface area (Å²) in [5.41, 5.74) is 2.61. The number of hydrazone groups is 1. The Kier molecular flexibility index (Phi) is 5.47. The highest BCUT2D eigenvalue weighted by Gasteiger charge is 2.09. The number of nitrogens with one attached hydrogen (secondary N) is 2. The normalized spacial score (nSPS) is 10.4. The van der Waals surface area contributed by atoms with Crippen LogP contribution in [0.4, 0.5) is 5.00 Å². The zero-order valence-corrected chi connectivity index (χ0v) is 12.4. The number of hydrogen-bond acceptors (Lipinski definition) is 7. The number of rotatable bonds is 6. The Bertz CT molecular complexity index is 744. The third kappa shape index (κ3) is 4.97. The molecular weight excluding hydrogens is 322 g/mol. The van der Waals surface area contributed by atoms with Crippen molar-refractivity contribution in [3.63, 3.8) is 0 Å². The molecule has 0 bridgehead atoms. The van der Waals surface area contributed by atoms with Gasteiger partial charge in [-0.1, -0.05) is 11.3 Å². The van der Waals surface area contributed by atoms with E-state index in [0.717, 1.165) is 11.3 Å². The molecule has 2 N–H and O–H groups in total. The first-order valence-electron chi connectivity index (χ1n) is 6.30. The number of nitrogens with zero attached hydrogens (tertiary/aromatic N) is 3. The van der Waals surface area contributed by atoms with Crippen molar-refractivity contribution in [3.05, 3.63) is 57.2 Å². The van der Waals surface area contributed by atoms with Crippen LogP contribution < -0.4 is 10.7 Å². The predicted octanol–water partition coefficient (Wildman–Crippen LogP) is 0.931. The lowest BCUT2D eigenvalue weighted by atomic mass is 10.2. The molecule has 0 aliphatic heterocycles. The molecule has 0 aliphatic carbocycles. The molecule has 118 valence electrons.